The molecule has 0 amide bonds. The molecule has 2 aromatic rings. The van der Waals surface area contributed by atoms with Crippen LogP contribution in [0.1, 0.15) is 12.2 Å². The van der Waals surface area contributed by atoms with Crippen molar-refractivity contribution in [1.29, 1.82) is 0 Å². The van der Waals surface area contributed by atoms with Crippen LogP contribution in [-0.2, 0) is 6.54 Å². The molecule has 16 heavy (non-hydrogen) atoms. The highest BCUT2D eigenvalue weighted by molar-refractivity contribution is 5.75. The van der Waals surface area contributed by atoms with E-state index in [9.17, 15) is 13.2 Å². The molecule has 0 N–H and O–H groups in total. The van der Waals surface area contributed by atoms with Crippen molar-refractivity contribution in [3.8, 4) is 0 Å². The van der Waals surface area contributed by atoms with Gasteiger partial charge in [0.2, 0.25) is 0 Å². The van der Waals surface area contributed by atoms with Gasteiger partial charge in [-0.15, -0.1) is 0 Å². The van der Waals surface area contributed by atoms with Crippen molar-refractivity contribution in [2.24, 2.45) is 0 Å². The Balaban J connectivity index is 2.33. The van der Waals surface area contributed by atoms with Crippen molar-refractivity contribution < 1.29 is 13.2 Å². The summed E-state index contributed by atoms with van der Waals surface area (Å²) in [5.41, 5.74) is 1.41. The van der Waals surface area contributed by atoms with E-state index in [1.807, 2.05) is 0 Å². The Bertz CT molecular complexity index is 499. The molecule has 1 radical (unpaired) electrons. The monoisotopic (exact) mass is 227 g/mol. The standard InChI is InChI=1S/C11H10F3N2/c1-8-15-9-4-2-3-5-10(9)16(8)7-6-11(12,13)14/h3-5H,6-7H2,1H3. The number of fused-ring (bicyclic) bond motifs is 1. The zero-order valence-electron chi connectivity index (χ0n) is 8.67. The third-order valence-electron chi connectivity index (χ3n) is 2.40. The van der Waals surface area contributed by atoms with Crippen molar-refractivity contribution in [2.45, 2.75) is 26.1 Å². The fraction of sp³-hybridized carbons (Fsp3) is 0.364. The summed E-state index contributed by atoms with van der Waals surface area (Å²) in [6.45, 7) is 1.62. The van der Waals surface area contributed by atoms with E-state index in [0.717, 1.165) is 5.52 Å². The average Bonchev–Trinajstić information content (AvgIpc) is 2.49. The molecule has 0 saturated carbocycles. The van der Waals surface area contributed by atoms with E-state index >= 15 is 0 Å². The smallest absolute Gasteiger partial charge is 0.328 e. The molecule has 0 aliphatic rings. The molecule has 0 unspecified atom stereocenters. The van der Waals surface area contributed by atoms with Gasteiger partial charge in [0.05, 0.1) is 17.5 Å². The van der Waals surface area contributed by atoms with Gasteiger partial charge in [-0.05, 0) is 25.1 Å². The molecule has 0 fully saturated rings. The van der Waals surface area contributed by atoms with Crippen LogP contribution in [0.5, 0.6) is 0 Å². The normalized spacial score (nSPS) is 12.2. The third kappa shape index (κ3) is 2.18. The maximum atomic E-state index is 12.1. The average molecular weight is 227 g/mol. The highest BCUT2D eigenvalue weighted by Crippen LogP contribution is 2.23. The topological polar surface area (TPSA) is 17.8 Å². The Labute approximate surface area is 90.7 Å². The molecule has 85 valence electrons. The van der Waals surface area contributed by atoms with Crippen LogP contribution in [0.4, 0.5) is 13.2 Å². The summed E-state index contributed by atoms with van der Waals surface area (Å²) < 4.78 is 38.0. The van der Waals surface area contributed by atoms with Crippen LogP contribution in [0.15, 0.2) is 18.2 Å². The lowest BCUT2D eigenvalue weighted by molar-refractivity contribution is -0.136. The summed E-state index contributed by atoms with van der Waals surface area (Å²) in [6, 6.07) is 7.93. The molecular formula is C11H10F3N2. The first-order valence-electron chi connectivity index (χ1n) is 4.87. The molecule has 2 nitrogen and oxygen atoms in total. The predicted molar refractivity (Wildman–Crippen MR) is 54.0 cm³/mol. The first kappa shape index (κ1) is 11.0. The molecule has 1 heterocycles. The summed E-state index contributed by atoms with van der Waals surface area (Å²) in [4.78, 5) is 4.18. The van der Waals surface area contributed by atoms with Crippen LogP contribution >= 0.6 is 0 Å². The zero-order chi connectivity index (χ0) is 11.8. The summed E-state index contributed by atoms with van der Waals surface area (Å²) in [5, 5.41) is 0. The van der Waals surface area contributed by atoms with Crippen molar-refractivity contribution in [2.75, 3.05) is 0 Å². The van der Waals surface area contributed by atoms with Gasteiger partial charge < -0.3 is 4.57 Å². The van der Waals surface area contributed by atoms with Crippen LogP contribution in [0.25, 0.3) is 11.0 Å². The van der Waals surface area contributed by atoms with E-state index in [0.29, 0.717) is 11.3 Å². The number of nitrogens with zero attached hydrogens (tertiary/aromatic N) is 2. The second kappa shape index (κ2) is 3.81. The minimum absolute atomic E-state index is 0.0875. The number of benzene rings is 1. The molecular weight excluding hydrogens is 217 g/mol. The van der Waals surface area contributed by atoms with Gasteiger partial charge in [-0.2, -0.15) is 13.2 Å². The maximum absolute atomic E-state index is 12.1. The Morgan fingerprint density at radius 1 is 1.44 bits per heavy atom. The molecule has 5 heteroatoms. The fourth-order valence-electron chi connectivity index (χ4n) is 1.66. The molecule has 1 aromatic carbocycles. The molecule has 0 saturated heterocycles. The summed E-state index contributed by atoms with van der Waals surface area (Å²) in [5.74, 6) is 0.596. The van der Waals surface area contributed by atoms with E-state index < -0.39 is 12.6 Å². The minimum atomic E-state index is -4.13. The van der Waals surface area contributed by atoms with Crippen molar-refractivity contribution >= 4 is 11.0 Å². The number of hydrogen-bond acceptors (Lipinski definition) is 1. The predicted octanol–water partition coefficient (Wildman–Crippen LogP) is 3.10. The molecule has 2 rings (SSSR count). The summed E-state index contributed by atoms with van der Waals surface area (Å²) in [7, 11) is 0. The number of aromatic nitrogens is 2. The van der Waals surface area contributed by atoms with Crippen LogP contribution in [-0.4, -0.2) is 15.7 Å². The minimum Gasteiger partial charge on any atom is -0.328 e. The maximum Gasteiger partial charge on any atom is 0.390 e. The Kier molecular flexibility index (Phi) is 2.61. The van der Waals surface area contributed by atoms with Gasteiger partial charge in [-0.1, -0.05) is 6.07 Å². The number of imidazole rings is 1. The highest BCUT2D eigenvalue weighted by atomic mass is 19.4. The van der Waals surface area contributed by atoms with Gasteiger partial charge in [0, 0.05) is 6.54 Å². The van der Waals surface area contributed by atoms with E-state index in [4.69, 9.17) is 0 Å². The molecule has 0 bridgehead atoms. The van der Waals surface area contributed by atoms with Gasteiger partial charge in [0.15, 0.2) is 0 Å². The number of rotatable bonds is 2. The number of halogens is 3. The molecule has 0 spiro atoms. The fourth-order valence-corrected chi connectivity index (χ4v) is 1.66. The Morgan fingerprint density at radius 3 is 2.88 bits per heavy atom. The van der Waals surface area contributed by atoms with E-state index in [1.54, 1.807) is 29.7 Å². The van der Waals surface area contributed by atoms with Crippen molar-refractivity contribution in [3.05, 3.63) is 30.1 Å². The molecule has 1 aromatic heterocycles. The second-order valence-electron chi connectivity index (χ2n) is 3.59. The quantitative estimate of drug-likeness (QED) is 0.770. The third-order valence-corrected chi connectivity index (χ3v) is 2.40. The Hall–Kier alpha value is -1.52. The van der Waals surface area contributed by atoms with E-state index in [-0.39, 0.29) is 6.54 Å². The first-order chi connectivity index (χ1) is 7.47. The first-order valence-corrected chi connectivity index (χ1v) is 4.87. The summed E-state index contributed by atoms with van der Waals surface area (Å²) in [6.07, 6.45) is -4.97. The SMILES string of the molecule is Cc1nc2c[c]ccc2n1CCC(F)(F)F. The number of hydrogen-bond donors (Lipinski definition) is 0. The van der Waals surface area contributed by atoms with Gasteiger partial charge in [0.1, 0.15) is 5.82 Å². The van der Waals surface area contributed by atoms with Crippen LogP contribution in [0.2, 0.25) is 0 Å². The molecule has 0 atom stereocenters. The Morgan fingerprint density at radius 2 is 2.19 bits per heavy atom. The van der Waals surface area contributed by atoms with E-state index in [2.05, 4.69) is 11.1 Å². The second-order valence-corrected chi connectivity index (χ2v) is 3.59. The van der Waals surface area contributed by atoms with E-state index in [1.165, 1.54) is 0 Å². The highest BCUT2D eigenvalue weighted by Gasteiger charge is 2.27. The lowest BCUT2D eigenvalue weighted by Gasteiger charge is -2.09. The van der Waals surface area contributed by atoms with Gasteiger partial charge in [-0.25, -0.2) is 4.98 Å². The van der Waals surface area contributed by atoms with Gasteiger partial charge in [0.25, 0.3) is 0 Å². The number of aryl methyl sites for hydroxylation is 2. The lowest BCUT2D eigenvalue weighted by Crippen LogP contribution is -2.12. The largest absolute Gasteiger partial charge is 0.390 e. The molecule has 0 aliphatic carbocycles. The van der Waals surface area contributed by atoms with Crippen molar-refractivity contribution in [1.82, 2.24) is 9.55 Å². The van der Waals surface area contributed by atoms with Crippen molar-refractivity contribution in [3.63, 3.8) is 0 Å². The zero-order valence-corrected chi connectivity index (χ0v) is 8.67. The van der Waals surface area contributed by atoms with Gasteiger partial charge >= 0.3 is 6.18 Å². The summed E-state index contributed by atoms with van der Waals surface area (Å²) >= 11 is 0. The van der Waals surface area contributed by atoms with Crippen LogP contribution in [0.3, 0.4) is 0 Å². The lowest BCUT2D eigenvalue weighted by atomic mass is 10.3. The van der Waals surface area contributed by atoms with Crippen LogP contribution in [0, 0.1) is 13.0 Å². The number of alkyl halides is 3. The van der Waals surface area contributed by atoms with Crippen LogP contribution < -0.4 is 0 Å². The van der Waals surface area contributed by atoms with Gasteiger partial charge in [-0.3, -0.25) is 0 Å². The molecule has 0 aliphatic heterocycles.